The quantitative estimate of drug-likeness (QED) is 0.362. The number of aryl methyl sites for hydroxylation is 1. The van der Waals surface area contributed by atoms with Crippen molar-refractivity contribution in [2.75, 3.05) is 6.61 Å². The maximum Gasteiger partial charge on any atom is 0.131 e. The van der Waals surface area contributed by atoms with Crippen LogP contribution in [0.4, 0.5) is 0 Å². The van der Waals surface area contributed by atoms with Gasteiger partial charge in [0.2, 0.25) is 0 Å². The highest BCUT2D eigenvalue weighted by atomic mass is 16.6. The van der Waals surface area contributed by atoms with E-state index in [0.717, 1.165) is 0 Å². The lowest BCUT2D eigenvalue weighted by molar-refractivity contribution is -0.250. The molecular weight excluding hydrogens is 404 g/mol. The van der Waals surface area contributed by atoms with Gasteiger partial charge < -0.3 is 30.3 Å². The summed E-state index contributed by atoms with van der Waals surface area (Å²) in [5, 5.41) is 58.7. The molecule has 1 saturated heterocycles. The zero-order valence-corrected chi connectivity index (χ0v) is 16.7. The van der Waals surface area contributed by atoms with Crippen LogP contribution >= 0.6 is 0 Å². The fourth-order valence-electron chi connectivity index (χ4n) is 3.72. The summed E-state index contributed by atoms with van der Waals surface area (Å²) in [6, 6.07) is 10.7. The molecule has 6 atom stereocenters. The normalized spacial score (nSPS) is 27.2. The number of rotatable bonds is 5. The number of nitrogens with zero attached hydrogens (tertiary/aromatic N) is 4. The summed E-state index contributed by atoms with van der Waals surface area (Å²) < 4.78 is 7.06. The molecule has 5 N–H and O–H groups in total. The molecule has 2 aromatic heterocycles. The first-order valence-corrected chi connectivity index (χ1v) is 9.84. The predicted octanol–water partition coefficient (Wildman–Crippen LogP) is -0.486. The standard InChI is InChI=1S/C21H24N4O6/c1-11-8-12(25-9-15(23-24-25)14-4-2-3-7-22-14)5-6-13(11)17(27)21-20(30)19(29)18(28)16(10-26)31-21/h2-9,16-21,26-30H,10H2,1H3/t16?,17-,18-,19+,20?,21-/m1/s1. The highest BCUT2D eigenvalue weighted by Gasteiger charge is 2.46. The van der Waals surface area contributed by atoms with Crippen LogP contribution in [0, 0.1) is 6.92 Å². The minimum atomic E-state index is -1.55. The smallest absolute Gasteiger partial charge is 0.131 e. The van der Waals surface area contributed by atoms with Crippen molar-refractivity contribution in [2.24, 2.45) is 0 Å². The van der Waals surface area contributed by atoms with E-state index in [-0.39, 0.29) is 0 Å². The second-order valence-electron chi connectivity index (χ2n) is 7.54. The Morgan fingerprint density at radius 2 is 1.87 bits per heavy atom. The third-order valence-electron chi connectivity index (χ3n) is 5.50. The van der Waals surface area contributed by atoms with Crippen molar-refractivity contribution in [1.29, 1.82) is 0 Å². The molecule has 0 amide bonds. The van der Waals surface area contributed by atoms with E-state index >= 15 is 0 Å². The molecule has 1 fully saturated rings. The SMILES string of the molecule is Cc1cc(-n2cc(-c3ccccn3)nn2)ccc1[C@@H](O)[C@H]1OC(CO)[C@@H](O)[C@H](O)C1O. The van der Waals surface area contributed by atoms with Gasteiger partial charge in [0, 0.05) is 6.20 Å². The first-order valence-electron chi connectivity index (χ1n) is 9.84. The van der Waals surface area contributed by atoms with Gasteiger partial charge in [-0.25, -0.2) is 4.68 Å². The van der Waals surface area contributed by atoms with Crippen LogP contribution < -0.4 is 0 Å². The van der Waals surface area contributed by atoms with E-state index in [1.165, 1.54) is 0 Å². The predicted molar refractivity (Wildman–Crippen MR) is 108 cm³/mol. The van der Waals surface area contributed by atoms with Crippen molar-refractivity contribution < 1.29 is 30.3 Å². The van der Waals surface area contributed by atoms with Crippen LogP contribution in [0.3, 0.4) is 0 Å². The Morgan fingerprint density at radius 1 is 1.06 bits per heavy atom. The van der Waals surface area contributed by atoms with E-state index in [1.807, 2.05) is 18.2 Å². The van der Waals surface area contributed by atoms with Crippen molar-refractivity contribution in [1.82, 2.24) is 20.0 Å². The van der Waals surface area contributed by atoms with Crippen LogP contribution in [0.1, 0.15) is 17.2 Å². The average molecular weight is 428 g/mol. The molecule has 10 heteroatoms. The molecule has 0 spiro atoms. The summed E-state index contributed by atoms with van der Waals surface area (Å²) in [5.74, 6) is 0. The van der Waals surface area contributed by atoms with E-state index in [9.17, 15) is 25.5 Å². The third kappa shape index (κ3) is 4.09. The highest BCUT2D eigenvalue weighted by Crippen LogP contribution is 2.32. The average Bonchev–Trinajstić information content (AvgIpc) is 3.28. The number of pyridine rings is 1. The lowest BCUT2D eigenvalue weighted by Crippen LogP contribution is -2.59. The van der Waals surface area contributed by atoms with Crippen LogP contribution in [-0.2, 0) is 4.74 Å². The molecule has 31 heavy (non-hydrogen) atoms. The number of hydrogen-bond donors (Lipinski definition) is 5. The minimum absolute atomic E-state index is 0.471. The number of aliphatic hydroxyl groups is 5. The maximum absolute atomic E-state index is 10.8. The van der Waals surface area contributed by atoms with Gasteiger partial charge in [-0.05, 0) is 42.3 Å². The molecule has 1 aliphatic rings. The Kier molecular flexibility index (Phi) is 6.10. The van der Waals surface area contributed by atoms with E-state index in [1.54, 1.807) is 42.2 Å². The molecule has 0 saturated carbocycles. The van der Waals surface area contributed by atoms with Gasteiger partial charge in [0.15, 0.2) is 0 Å². The van der Waals surface area contributed by atoms with Gasteiger partial charge in [0.05, 0.1) is 24.2 Å². The van der Waals surface area contributed by atoms with Gasteiger partial charge >= 0.3 is 0 Å². The van der Waals surface area contributed by atoms with Crippen molar-refractivity contribution >= 4 is 0 Å². The first kappa shape index (κ1) is 21.5. The van der Waals surface area contributed by atoms with Crippen molar-refractivity contribution in [3.8, 4) is 17.1 Å². The largest absolute Gasteiger partial charge is 0.394 e. The Bertz CT molecular complexity index is 1030. The fraction of sp³-hybridized carbons (Fsp3) is 0.381. The number of ether oxygens (including phenoxy) is 1. The second kappa shape index (κ2) is 8.79. The molecule has 1 aliphatic heterocycles. The molecule has 164 valence electrons. The first-order chi connectivity index (χ1) is 14.9. The fourth-order valence-corrected chi connectivity index (χ4v) is 3.72. The summed E-state index contributed by atoms with van der Waals surface area (Å²) >= 11 is 0. The van der Waals surface area contributed by atoms with Crippen LogP contribution in [0.2, 0.25) is 0 Å². The van der Waals surface area contributed by atoms with Crippen molar-refractivity contribution in [2.45, 2.75) is 43.5 Å². The molecule has 2 unspecified atom stereocenters. The van der Waals surface area contributed by atoms with Crippen molar-refractivity contribution in [3.63, 3.8) is 0 Å². The Morgan fingerprint density at radius 3 is 2.55 bits per heavy atom. The molecule has 0 bridgehead atoms. The van der Waals surface area contributed by atoms with E-state index < -0.39 is 43.2 Å². The maximum atomic E-state index is 10.8. The zero-order chi connectivity index (χ0) is 22.1. The minimum Gasteiger partial charge on any atom is -0.394 e. The number of benzene rings is 1. The Hall–Kier alpha value is -2.73. The summed E-state index contributed by atoms with van der Waals surface area (Å²) in [5.41, 5.74) is 3.18. The van der Waals surface area contributed by atoms with Gasteiger partial charge in [-0.3, -0.25) is 4.98 Å². The van der Waals surface area contributed by atoms with E-state index in [0.29, 0.717) is 28.2 Å². The van der Waals surface area contributed by atoms with Crippen LogP contribution in [0.25, 0.3) is 17.1 Å². The molecule has 10 nitrogen and oxygen atoms in total. The van der Waals surface area contributed by atoms with Gasteiger partial charge in [-0.1, -0.05) is 17.3 Å². The third-order valence-corrected chi connectivity index (χ3v) is 5.50. The number of hydrogen-bond acceptors (Lipinski definition) is 9. The van der Waals surface area contributed by atoms with Gasteiger partial charge in [-0.2, -0.15) is 0 Å². The molecule has 4 rings (SSSR count). The van der Waals surface area contributed by atoms with E-state index in [4.69, 9.17) is 4.74 Å². The summed E-state index contributed by atoms with van der Waals surface area (Å²) in [6.07, 6.45) is -4.74. The number of aromatic nitrogens is 4. The lowest BCUT2D eigenvalue weighted by atomic mass is 9.88. The molecule has 3 heterocycles. The van der Waals surface area contributed by atoms with E-state index in [2.05, 4.69) is 15.3 Å². The second-order valence-corrected chi connectivity index (χ2v) is 7.54. The topological polar surface area (TPSA) is 154 Å². The molecular formula is C21H24N4O6. The number of aliphatic hydroxyl groups excluding tert-OH is 5. The van der Waals surface area contributed by atoms with Crippen LogP contribution in [0.15, 0.2) is 48.8 Å². The van der Waals surface area contributed by atoms with Crippen LogP contribution in [0.5, 0.6) is 0 Å². The Balaban J connectivity index is 1.57. The molecule has 1 aromatic carbocycles. The van der Waals surface area contributed by atoms with Crippen LogP contribution in [-0.4, -0.2) is 82.6 Å². The van der Waals surface area contributed by atoms with Gasteiger partial charge in [-0.15, -0.1) is 5.10 Å². The monoisotopic (exact) mass is 428 g/mol. The highest BCUT2D eigenvalue weighted by molar-refractivity contribution is 5.53. The summed E-state index contributed by atoms with van der Waals surface area (Å²) in [4.78, 5) is 4.25. The summed E-state index contributed by atoms with van der Waals surface area (Å²) in [7, 11) is 0. The molecule has 0 radical (unpaired) electrons. The molecule has 3 aromatic rings. The van der Waals surface area contributed by atoms with Crippen molar-refractivity contribution in [3.05, 3.63) is 59.9 Å². The van der Waals surface area contributed by atoms with Gasteiger partial charge in [0.1, 0.15) is 42.3 Å². The van der Waals surface area contributed by atoms with Gasteiger partial charge in [0.25, 0.3) is 0 Å². The molecule has 0 aliphatic carbocycles. The Labute approximate surface area is 178 Å². The zero-order valence-electron chi connectivity index (χ0n) is 16.7. The summed E-state index contributed by atoms with van der Waals surface area (Å²) in [6.45, 7) is 1.22. The lowest BCUT2D eigenvalue weighted by Gasteiger charge is -2.42.